The molecule has 4 nitrogen and oxygen atoms in total. The SMILES string of the molecule is [Ho+3].[O-2].[O-2].[O-2].[O-2].[V]. The Bertz CT molecular complexity index is 7.51. The Kier molecular flexibility index (Phi) is 1540. The van der Waals surface area contributed by atoms with Gasteiger partial charge in [-0.25, -0.2) is 0 Å². The third kappa shape index (κ3) is 44.0. The molecule has 1 radical (unpaired) electrons. The summed E-state index contributed by atoms with van der Waals surface area (Å²) in [5.74, 6) is 0. The average molecular weight is 280 g/mol. The summed E-state index contributed by atoms with van der Waals surface area (Å²) >= 11 is 0. The molecule has 0 aliphatic carbocycles. The smallest absolute Gasteiger partial charge is 2.00 e. The van der Waals surface area contributed by atoms with Crippen molar-refractivity contribution in [2.24, 2.45) is 0 Å². The second kappa shape index (κ2) is 76.1. The molecule has 0 spiro atoms. The fraction of sp³-hybridized carbons (Fsp3) is 0. The van der Waals surface area contributed by atoms with Gasteiger partial charge in [0.1, 0.15) is 0 Å². The maximum Gasteiger partial charge on any atom is 3.00 e. The molecule has 0 rings (SSSR count). The van der Waals surface area contributed by atoms with Gasteiger partial charge in [0.05, 0.1) is 0 Å². The summed E-state index contributed by atoms with van der Waals surface area (Å²) < 4.78 is 0. The van der Waals surface area contributed by atoms with Crippen molar-refractivity contribution in [1.82, 2.24) is 0 Å². The molecule has 0 bridgehead atoms. The Hall–Kier alpha value is 1.68. The van der Waals surface area contributed by atoms with E-state index in [2.05, 4.69) is 0 Å². The average Bonchev–Trinajstić information content (AvgIpc) is 0. The van der Waals surface area contributed by atoms with Crippen LogP contribution in [0.5, 0.6) is 0 Å². The molecule has 0 aromatic rings. The van der Waals surface area contributed by atoms with E-state index in [0.717, 1.165) is 0 Å². The van der Waals surface area contributed by atoms with Crippen LogP contribution in [0.15, 0.2) is 0 Å². The van der Waals surface area contributed by atoms with E-state index < -0.39 is 0 Å². The third-order valence-corrected chi connectivity index (χ3v) is 0. The van der Waals surface area contributed by atoms with E-state index in [1.807, 2.05) is 0 Å². The molecule has 0 unspecified atom stereocenters. The molecule has 6 heavy (non-hydrogen) atoms. The maximum absolute atomic E-state index is 0. The van der Waals surface area contributed by atoms with Gasteiger partial charge in [-0.3, -0.25) is 0 Å². The van der Waals surface area contributed by atoms with E-state index in [4.69, 9.17) is 0 Å². The Morgan fingerprint density at radius 2 is 0.500 bits per heavy atom. The summed E-state index contributed by atoms with van der Waals surface area (Å²) in [6.45, 7) is 0. The van der Waals surface area contributed by atoms with Crippen LogP contribution in [0.4, 0.5) is 0 Å². The number of rotatable bonds is 0. The fourth-order valence-corrected chi connectivity index (χ4v) is 0. The minimum atomic E-state index is 0. The standard InChI is InChI=1S/Ho.4O.V/q+3;4*-2;. The van der Waals surface area contributed by atoms with Gasteiger partial charge in [0.15, 0.2) is 0 Å². The zero-order valence-corrected chi connectivity index (χ0v) is 5.71. The molecule has 0 atom stereocenters. The predicted octanol–water partition coefficient (Wildman–Crippen LogP) is -0.478. The van der Waals surface area contributed by atoms with Crippen molar-refractivity contribution in [2.75, 3.05) is 0 Å². The molecule has 0 aromatic heterocycles. The van der Waals surface area contributed by atoms with Gasteiger partial charge in [-0.2, -0.15) is 0 Å². The van der Waals surface area contributed by atoms with Crippen LogP contribution < -0.4 is 0 Å². The first-order valence-corrected chi connectivity index (χ1v) is 0. The third-order valence-electron chi connectivity index (χ3n) is 0. The summed E-state index contributed by atoms with van der Waals surface area (Å²) in [7, 11) is 0. The van der Waals surface area contributed by atoms with Crippen LogP contribution in [-0.4, -0.2) is 0 Å². The predicted molar refractivity (Wildman–Crippen MR) is 2.75 cm³/mol. The summed E-state index contributed by atoms with van der Waals surface area (Å²) in [4.78, 5) is 0. The topological polar surface area (TPSA) is 114 Å². The summed E-state index contributed by atoms with van der Waals surface area (Å²) in [6.07, 6.45) is 0. The van der Waals surface area contributed by atoms with Gasteiger partial charge in [-0.05, 0) is 0 Å². The van der Waals surface area contributed by atoms with Crippen molar-refractivity contribution in [1.29, 1.82) is 0 Å². The fourth-order valence-electron chi connectivity index (χ4n) is 0. The largest absolute Gasteiger partial charge is 3.00 e. The van der Waals surface area contributed by atoms with Crippen LogP contribution in [-0.2, 0) is 40.5 Å². The first-order valence-electron chi connectivity index (χ1n) is 0. The normalized spacial score (nSPS) is 0. The molecular formula is HoO4V-5. The molecule has 0 amide bonds. The molecule has 0 aliphatic heterocycles. The molecular weight excluding hydrogens is 280 g/mol. The van der Waals surface area contributed by atoms with Gasteiger partial charge in [0, 0.05) is 18.6 Å². The van der Waals surface area contributed by atoms with E-state index in [0.29, 0.717) is 0 Å². The Morgan fingerprint density at radius 3 is 0.500 bits per heavy atom. The van der Waals surface area contributed by atoms with Crippen LogP contribution in [0.1, 0.15) is 0 Å². The van der Waals surface area contributed by atoms with Crippen molar-refractivity contribution >= 4 is 0 Å². The minimum Gasteiger partial charge on any atom is -2.00 e. The molecule has 0 N–H and O–H groups in total. The molecule has 0 aromatic carbocycles. The van der Waals surface area contributed by atoms with Gasteiger partial charge < -0.3 is 21.9 Å². The Balaban J connectivity index is 0. The van der Waals surface area contributed by atoms with Gasteiger partial charge in [-0.1, -0.05) is 0 Å². The van der Waals surface area contributed by atoms with E-state index >= 15 is 0 Å². The molecule has 0 heterocycles. The van der Waals surface area contributed by atoms with E-state index in [1.54, 1.807) is 0 Å². The number of hydrogen-bond donors (Lipinski definition) is 0. The summed E-state index contributed by atoms with van der Waals surface area (Å²) in [6, 6.07) is 0. The van der Waals surface area contributed by atoms with E-state index in [9.17, 15) is 0 Å². The minimum absolute atomic E-state index is 0. The van der Waals surface area contributed by atoms with Crippen molar-refractivity contribution < 1.29 is 78.2 Å². The summed E-state index contributed by atoms with van der Waals surface area (Å²) in [5.41, 5.74) is 0. The molecule has 0 saturated carbocycles. The van der Waals surface area contributed by atoms with Gasteiger partial charge in [0.2, 0.25) is 0 Å². The molecule has 45 valence electrons. The molecule has 0 aliphatic rings. The van der Waals surface area contributed by atoms with Crippen LogP contribution in [0.3, 0.4) is 0 Å². The summed E-state index contributed by atoms with van der Waals surface area (Å²) in [5, 5.41) is 0. The molecule has 0 saturated heterocycles. The van der Waals surface area contributed by atoms with Gasteiger partial charge in [-0.15, -0.1) is 0 Å². The van der Waals surface area contributed by atoms with Crippen LogP contribution in [0.2, 0.25) is 0 Å². The second-order valence-electron chi connectivity index (χ2n) is 0. The second-order valence-corrected chi connectivity index (χ2v) is 0. The van der Waals surface area contributed by atoms with E-state index in [1.165, 1.54) is 0 Å². The molecule has 0 fully saturated rings. The first kappa shape index (κ1) is 121. The maximum atomic E-state index is 0. The first-order chi connectivity index (χ1) is 0. The van der Waals surface area contributed by atoms with E-state index in [-0.39, 0.29) is 78.2 Å². The quantitative estimate of drug-likeness (QED) is 0.533. The van der Waals surface area contributed by atoms with Crippen LogP contribution >= 0.6 is 0 Å². The van der Waals surface area contributed by atoms with Crippen molar-refractivity contribution in [2.45, 2.75) is 0 Å². The Labute approximate surface area is 77.4 Å². The monoisotopic (exact) mass is 280 g/mol. The van der Waals surface area contributed by atoms with Crippen molar-refractivity contribution in [3.8, 4) is 0 Å². The van der Waals surface area contributed by atoms with Crippen LogP contribution in [0, 0.1) is 37.7 Å². The zero-order valence-electron chi connectivity index (χ0n) is 2.38. The van der Waals surface area contributed by atoms with Crippen LogP contribution in [0.25, 0.3) is 0 Å². The zero-order chi connectivity index (χ0) is 0. The van der Waals surface area contributed by atoms with Crippen molar-refractivity contribution in [3.05, 3.63) is 0 Å². The molecule has 6 heteroatoms. The van der Waals surface area contributed by atoms with Gasteiger partial charge in [0.25, 0.3) is 0 Å². The van der Waals surface area contributed by atoms with Gasteiger partial charge >= 0.3 is 37.7 Å². The number of hydrogen-bond acceptors (Lipinski definition) is 0. The van der Waals surface area contributed by atoms with Crippen molar-refractivity contribution in [3.63, 3.8) is 0 Å². The Morgan fingerprint density at radius 1 is 0.500 bits per heavy atom.